The van der Waals surface area contributed by atoms with Gasteiger partial charge in [0.05, 0.1) is 17.7 Å². The van der Waals surface area contributed by atoms with Crippen molar-refractivity contribution >= 4 is 11.4 Å². The molecule has 114 valence electrons. The van der Waals surface area contributed by atoms with Crippen LogP contribution < -0.4 is 4.74 Å². The van der Waals surface area contributed by atoms with Crippen LogP contribution in [0.4, 0.5) is 5.69 Å². The fourth-order valence-electron chi connectivity index (χ4n) is 2.64. The predicted octanol–water partition coefficient (Wildman–Crippen LogP) is 2.28. The molecule has 1 N–H and O–H groups in total. The molecule has 1 unspecified atom stereocenters. The summed E-state index contributed by atoms with van der Waals surface area (Å²) < 4.78 is 5.28. The van der Waals surface area contributed by atoms with Crippen molar-refractivity contribution in [2.45, 2.75) is 19.9 Å². The van der Waals surface area contributed by atoms with E-state index >= 15 is 0 Å². The van der Waals surface area contributed by atoms with Gasteiger partial charge in [-0.3, -0.25) is 15.0 Å². The third kappa shape index (κ3) is 3.49. The van der Waals surface area contributed by atoms with Crippen molar-refractivity contribution < 1.29 is 14.9 Å². The summed E-state index contributed by atoms with van der Waals surface area (Å²) in [5, 5.41) is 23.1. The zero-order valence-corrected chi connectivity index (χ0v) is 12.2. The van der Waals surface area contributed by atoms with E-state index in [0.29, 0.717) is 18.7 Å². The number of likely N-dealkylation sites (tertiary alicyclic amines) is 1. The molecule has 1 aromatic rings. The molecular formula is C14H19N3O4. The lowest BCUT2D eigenvalue weighted by Crippen LogP contribution is -2.39. The Hall–Kier alpha value is -2.15. The van der Waals surface area contributed by atoms with E-state index in [1.807, 2.05) is 6.92 Å². The number of rotatable bonds is 4. The van der Waals surface area contributed by atoms with Gasteiger partial charge >= 0.3 is 0 Å². The molecule has 0 bridgehead atoms. The third-order valence-corrected chi connectivity index (χ3v) is 3.78. The van der Waals surface area contributed by atoms with E-state index < -0.39 is 4.92 Å². The van der Waals surface area contributed by atoms with Gasteiger partial charge in [0, 0.05) is 49.7 Å². The molecule has 21 heavy (non-hydrogen) atoms. The number of nitro groups is 1. The SMILES string of the molecule is COc1ccc([N+](=O)[O-])cc1CN1CC/C(=N/O)C(C)C1. The maximum Gasteiger partial charge on any atom is 0.270 e. The molecule has 7 nitrogen and oxygen atoms in total. The van der Waals surface area contributed by atoms with Gasteiger partial charge < -0.3 is 9.94 Å². The smallest absolute Gasteiger partial charge is 0.270 e. The van der Waals surface area contributed by atoms with Crippen LogP contribution in [0.15, 0.2) is 23.4 Å². The fraction of sp³-hybridized carbons (Fsp3) is 0.500. The summed E-state index contributed by atoms with van der Waals surface area (Å²) in [6, 6.07) is 4.62. The van der Waals surface area contributed by atoms with Gasteiger partial charge in [-0.05, 0) is 6.07 Å². The van der Waals surface area contributed by atoms with Crippen LogP contribution in [0.3, 0.4) is 0 Å². The molecular weight excluding hydrogens is 274 g/mol. The van der Waals surface area contributed by atoms with Crippen LogP contribution in [0.25, 0.3) is 0 Å². The number of piperidine rings is 1. The minimum Gasteiger partial charge on any atom is -0.496 e. The maximum atomic E-state index is 10.9. The van der Waals surface area contributed by atoms with Crippen molar-refractivity contribution in [3.63, 3.8) is 0 Å². The van der Waals surface area contributed by atoms with Crippen LogP contribution in [0.5, 0.6) is 5.75 Å². The van der Waals surface area contributed by atoms with Crippen LogP contribution in [0.1, 0.15) is 18.9 Å². The van der Waals surface area contributed by atoms with Crippen molar-refractivity contribution in [2.75, 3.05) is 20.2 Å². The molecule has 0 amide bonds. The van der Waals surface area contributed by atoms with E-state index in [2.05, 4.69) is 10.1 Å². The Kier molecular flexibility index (Phi) is 4.74. The van der Waals surface area contributed by atoms with Crippen LogP contribution in [0.2, 0.25) is 0 Å². The molecule has 1 atom stereocenters. The van der Waals surface area contributed by atoms with E-state index in [1.165, 1.54) is 6.07 Å². The molecule has 0 saturated carbocycles. The number of nitro benzene ring substituents is 1. The first-order chi connectivity index (χ1) is 10.0. The van der Waals surface area contributed by atoms with Crippen molar-refractivity contribution in [1.82, 2.24) is 4.90 Å². The third-order valence-electron chi connectivity index (χ3n) is 3.78. The minimum atomic E-state index is -0.404. The summed E-state index contributed by atoms with van der Waals surface area (Å²) in [5.74, 6) is 0.823. The number of oxime groups is 1. The van der Waals surface area contributed by atoms with Crippen LogP contribution in [-0.2, 0) is 6.54 Å². The van der Waals surface area contributed by atoms with Gasteiger partial charge in [0.25, 0.3) is 5.69 Å². The summed E-state index contributed by atoms with van der Waals surface area (Å²) in [5.41, 5.74) is 1.66. The van der Waals surface area contributed by atoms with Crippen LogP contribution >= 0.6 is 0 Å². The van der Waals surface area contributed by atoms with Crippen LogP contribution in [0, 0.1) is 16.0 Å². The summed E-state index contributed by atoms with van der Waals surface area (Å²) >= 11 is 0. The standard InChI is InChI=1S/C14H19N3O4/c1-10-8-16(6-5-13(10)15-18)9-11-7-12(17(19)20)3-4-14(11)21-2/h3-4,7,10,18H,5-6,8-9H2,1-2H3/b15-13-. The van der Waals surface area contributed by atoms with Crippen molar-refractivity contribution in [2.24, 2.45) is 11.1 Å². The Morgan fingerprint density at radius 1 is 1.57 bits per heavy atom. The largest absolute Gasteiger partial charge is 0.496 e. The zero-order valence-electron chi connectivity index (χ0n) is 12.2. The van der Waals surface area contributed by atoms with E-state index in [1.54, 1.807) is 19.2 Å². The van der Waals surface area contributed by atoms with Gasteiger partial charge in [0.2, 0.25) is 0 Å². The maximum absolute atomic E-state index is 10.9. The number of benzene rings is 1. The molecule has 1 heterocycles. The Morgan fingerprint density at radius 3 is 2.90 bits per heavy atom. The molecule has 1 aliphatic heterocycles. The number of non-ortho nitro benzene ring substituents is 1. The molecule has 0 aromatic heterocycles. The summed E-state index contributed by atoms with van der Waals surface area (Å²) in [6.07, 6.45) is 0.703. The molecule has 1 aromatic carbocycles. The number of hydrogen-bond acceptors (Lipinski definition) is 6. The van der Waals surface area contributed by atoms with Gasteiger partial charge in [-0.1, -0.05) is 12.1 Å². The molecule has 2 rings (SSSR count). The van der Waals surface area contributed by atoms with E-state index in [9.17, 15) is 10.1 Å². The van der Waals surface area contributed by atoms with Crippen molar-refractivity contribution in [3.8, 4) is 5.75 Å². The highest BCUT2D eigenvalue weighted by Gasteiger charge is 2.24. The first-order valence-electron chi connectivity index (χ1n) is 6.79. The van der Waals surface area contributed by atoms with E-state index in [0.717, 1.165) is 24.4 Å². The van der Waals surface area contributed by atoms with E-state index in [-0.39, 0.29) is 11.6 Å². The van der Waals surface area contributed by atoms with Crippen molar-refractivity contribution in [1.29, 1.82) is 0 Å². The second kappa shape index (κ2) is 6.53. The second-order valence-corrected chi connectivity index (χ2v) is 5.23. The lowest BCUT2D eigenvalue weighted by atomic mass is 9.97. The average Bonchev–Trinajstić information content (AvgIpc) is 2.47. The summed E-state index contributed by atoms with van der Waals surface area (Å²) in [6.45, 7) is 4.10. The normalized spacial score (nSPS) is 21.4. The molecule has 1 saturated heterocycles. The molecule has 0 aliphatic carbocycles. The lowest BCUT2D eigenvalue weighted by Gasteiger charge is -2.31. The number of ether oxygens (including phenoxy) is 1. The molecule has 0 spiro atoms. The average molecular weight is 293 g/mol. The molecule has 7 heteroatoms. The van der Waals surface area contributed by atoms with Gasteiger partial charge in [0.1, 0.15) is 5.75 Å². The van der Waals surface area contributed by atoms with Crippen LogP contribution in [-0.4, -0.2) is 40.9 Å². The first-order valence-corrected chi connectivity index (χ1v) is 6.79. The molecule has 1 aliphatic rings. The Balaban J connectivity index is 2.15. The quantitative estimate of drug-likeness (QED) is 0.522. The second-order valence-electron chi connectivity index (χ2n) is 5.23. The Labute approximate surface area is 123 Å². The fourth-order valence-corrected chi connectivity index (χ4v) is 2.64. The highest BCUT2D eigenvalue weighted by Crippen LogP contribution is 2.26. The lowest BCUT2D eigenvalue weighted by molar-refractivity contribution is -0.385. The van der Waals surface area contributed by atoms with Gasteiger partial charge in [0.15, 0.2) is 0 Å². The minimum absolute atomic E-state index is 0.0634. The van der Waals surface area contributed by atoms with Crippen molar-refractivity contribution in [3.05, 3.63) is 33.9 Å². The molecule has 1 fully saturated rings. The Morgan fingerprint density at radius 2 is 2.33 bits per heavy atom. The van der Waals surface area contributed by atoms with Gasteiger partial charge in [-0.25, -0.2) is 0 Å². The van der Waals surface area contributed by atoms with Gasteiger partial charge in [-0.2, -0.15) is 0 Å². The summed E-state index contributed by atoms with van der Waals surface area (Å²) in [4.78, 5) is 12.7. The Bertz CT molecular complexity index is 559. The van der Waals surface area contributed by atoms with Gasteiger partial charge in [-0.15, -0.1) is 0 Å². The highest BCUT2D eigenvalue weighted by atomic mass is 16.6. The zero-order chi connectivity index (χ0) is 15.4. The first kappa shape index (κ1) is 15.2. The van der Waals surface area contributed by atoms with E-state index in [4.69, 9.17) is 9.94 Å². The molecule has 0 radical (unpaired) electrons. The highest BCUT2D eigenvalue weighted by molar-refractivity contribution is 5.87. The number of nitrogens with zero attached hydrogens (tertiary/aromatic N) is 3. The topological polar surface area (TPSA) is 88.2 Å². The predicted molar refractivity (Wildman–Crippen MR) is 77.9 cm³/mol. The summed E-state index contributed by atoms with van der Waals surface area (Å²) in [7, 11) is 1.56. The number of methoxy groups -OCH3 is 1. The monoisotopic (exact) mass is 293 g/mol. The number of hydrogen-bond donors (Lipinski definition) is 1.